The van der Waals surface area contributed by atoms with Gasteiger partial charge in [-0.15, -0.1) is 21.5 Å². The van der Waals surface area contributed by atoms with Gasteiger partial charge in [0, 0.05) is 45.2 Å². The molecule has 0 aliphatic carbocycles. The van der Waals surface area contributed by atoms with Crippen LogP contribution in [0.5, 0.6) is 0 Å². The highest BCUT2D eigenvalue weighted by atomic mass is 32.1. The van der Waals surface area contributed by atoms with E-state index in [-0.39, 0.29) is 48.9 Å². The van der Waals surface area contributed by atoms with E-state index in [1.165, 1.54) is 12.0 Å². The highest BCUT2D eigenvalue weighted by Gasteiger charge is 2.45. The van der Waals surface area contributed by atoms with E-state index in [1.807, 2.05) is 74.2 Å². The monoisotopic (exact) mass is 721 g/mol. The fourth-order valence-corrected chi connectivity index (χ4v) is 7.23. The minimum absolute atomic E-state index is 0.0106. The summed E-state index contributed by atoms with van der Waals surface area (Å²) in [6.07, 6.45) is -0.774. The standard InChI is InChI=1S/C35H47N9O6S/c1-20(22-7-9-23(10-8-22)29-21(2)37-19-51-29)38-32(47)27-15-24(45)17-44(27)33(48)30(35(3,4)5)39-28(46)18-42-11-13-43(14-12-42)26-16-25(34(49)50-6)40-41-31(26)36/h7-10,16,19-20,24,27,30,45H,11-15,17-18H2,1-6H3,(H2,36,41)(H,38,47)(H,39,46)/t20-,24+,27-,30+/m1/s1. The van der Waals surface area contributed by atoms with Crippen LogP contribution in [0.25, 0.3) is 10.4 Å². The van der Waals surface area contributed by atoms with Crippen LogP contribution < -0.4 is 21.3 Å². The SMILES string of the molecule is COC(=O)c1cc(N2CCN(CC(=O)N[C@@H](C(=O)N3C[C@@H](O)C[C@@H]3C(=O)N[C@H](C)c3ccc(-c4scnc4C)cc3)C(C)(C)C)CC2)c(N)nn1. The first-order chi connectivity index (χ1) is 24.2. The molecule has 2 aliphatic rings. The Balaban J connectivity index is 1.19. The van der Waals surface area contributed by atoms with Crippen molar-refractivity contribution < 1.29 is 29.0 Å². The van der Waals surface area contributed by atoms with E-state index >= 15 is 0 Å². The predicted molar refractivity (Wildman–Crippen MR) is 193 cm³/mol. The molecule has 0 bridgehead atoms. The van der Waals surface area contributed by atoms with E-state index in [1.54, 1.807) is 17.4 Å². The van der Waals surface area contributed by atoms with E-state index in [9.17, 15) is 24.3 Å². The molecule has 0 unspecified atom stereocenters. The first-order valence-electron chi connectivity index (χ1n) is 16.9. The van der Waals surface area contributed by atoms with Gasteiger partial charge in [-0.1, -0.05) is 45.0 Å². The van der Waals surface area contributed by atoms with Gasteiger partial charge in [0.1, 0.15) is 12.1 Å². The van der Waals surface area contributed by atoms with Crippen molar-refractivity contribution in [2.75, 3.05) is 57.0 Å². The zero-order chi connectivity index (χ0) is 37.0. The number of carbonyl (C=O) groups excluding carboxylic acids is 4. The molecule has 0 radical (unpaired) electrons. The average Bonchev–Trinajstić information content (AvgIpc) is 3.72. The van der Waals surface area contributed by atoms with Gasteiger partial charge in [-0.25, -0.2) is 9.78 Å². The quantitative estimate of drug-likeness (QED) is 0.222. The molecule has 0 saturated carbocycles. The van der Waals surface area contributed by atoms with Crippen LogP contribution in [0.2, 0.25) is 0 Å². The van der Waals surface area contributed by atoms with Gasteiger partial charge in [-0.05, 0) is 30.4 Å². The number of nitrogen functional groups attached to an aromatic ring is 1. The topological polar surface area (TPSA) is 196 Å². The van der Waals surface area contributed by atoms with Crippen LogP contribution in [0.1, 0.15) is 61.9 Å². The second-order valence-corrected chi connectivity index (χ2v) is 15.0. The highest BCUT2D eigenvalue weighted by molar-refractivity contribution is 7.13. The fraction of sp³-hybridized carbons (Fsp3) is 0.514. The fourth-order valence-electron chi connectivity index (χ4n) is 6.42. The summed E-state index contributed by atoms with van der Waals surface area (Å²) in [7, 11) is 1.26. The van der Waals surface area contributed by atoms with Crippen molar-refractivity contribution in [3.05, 3.63) is 52.8 Å². The number of aromatic nitrogens is 3. The van der Waals surface area contributed by atoms with Gasteiger partial charge in [-0.3, -0.25) is 19.3 Å². The molecule has 5 N–H and O–H groups in total. The molecule has 4 atom stereocenters. The number of aliphatic hydroxyl groups is 1. The van der Waals surface area contributed by atoms with Crippen LogP contribution in [-0.2, 0) is 19.1 Å². The third kappa shape index (κ3) is 8.80. The molecule has 2 aromatic heterocycles. The van der Waals surface area contributed by atoms with Crippen molar-refractivity contribution in [1.29, 1.82) is 0 Å². The highest BCUT2D eigenvalue weighted by Crippen LogP contribution is 2.30. The summed E-state index contributed by atoms with van der Waals surface area (Å²) < 4.78 is 4.74. The summed E-state index contributed by atoms with van der Waals surface area (Å²) in [5.41, 5.74) is 10.7. The second kappa shape index (κ2) is 15.7. The zero-order valence-corrected chi connectivity index (χ0v) is 30.7. The van der Waals surface area contributed by atoms with E-state index < -0.39 is 35.5 Å². The molecule has 51 heavy (non-hydrogen) atoms. The van der Waals surface area contributed by atoms with Crippen LogP contribution in [0.15, 0.2) is 35.8 Å². The number of aryl methyl sites for hydroxylation is 1. The predicted octanol–water partition coefficient (Wildman–Crippen LogP) is 1.77. The molecule has 4 heterocycles. The minimum atomic E-state index is -0.938. The van der Waals surface area contributed by atoms with E-state index in [0.29, 0.717) is 31.9 Å². The number of aliphatic hydroxyl groups excluding tert-OH is 1. The molecule has 274 valence electrons. The smallest absolute Gasteiger partial charge is 0.358 e. The number of benzene rings is 1. The zero-order valence-electron chi connectivity index (χ0n) is 29.9. The Labute approximate surface area is 301 Å². The summed E-state index contributed by atoms with van der Waals surface area (Å²) in [6.45, 7) is 11.5. The summed E-state index contributed by atoms with van der Waals surface area (Å²) in [4.78, 5) is 63.8. The number of nitrogens with two attached hydrogens (primary N) is 1. The molecule has 0 spiro atoms. The Morgan fingerprint density at radius 2 is 1.76 bits per heavy atom. The third-order valence-electron chi connectivity index (χ3n) is 9.34. The minimum Gasteiger partial charge on any atom is -0.464 e. The number of rotatable bonds is 10. The van der Waals surface area contributed by atoms with Crippen LogP contribution in [0.4, 0.5) is 11.5 Å². The number of anilines is 2. The number of hydrogen-bond donors (Lipinski definition) is 4. The normalized spacial score (nSPS) is 19.4. The number of methoxy groups -OCH3 is 1. The number of carbonyl (C=O) groups is 4. The Morgan fingerprint density at radius 1 is 1.08 bits per heavy atom. The van der Waals surface area contributed by atoms with Crippen molar-refractivity contribution in [3.8, 4) is 10.4 Å². The van der Waals surface area contributed by atoms with Gasteiger partial charge in [0.05, 0.1) is 47.6 Å². The van der Waals surface area contributed by atoms with Crippen molar-refractivity contribution in [2.45, 2.75) is 65.3 Å². The maximum atomic E-state index is 14.1. The molecular formula is C35H47N9O6S. The Bertz CT molecular complexity index is 1740. The van der Waals surface area contributed by atoms with Gasteiger partial charge >= 0.3 is 5.97 Å². The first-order valence-corrected chi connectivity index (χ1v) is 17.8. The van der Waals surface area contributed by atoms with E-state index in [0.717, 1.165) is 21.7 Å². The van der Waals surface area contributed by atoms with Crippen molar-refractivity contribution in [3.63, 3.8) is 0 Å². The molecule has 2 fully saturated rings. The van der Waals surface area contributed by atoms with Crippen molar-refractivity contribution >= 4 is 46.5 Å². The van der Waals surface area contributed by atoms with Gasteiger partial charge in [-0.2, -0.15) is 0 Å². The molecule has 2 saturated heterocycles. The van der Waals surface area contributed by atoms with Crippen LogP contribution in [0, 0.1) is 12.3 Å². The molecule has 15 nitrogen and oxygen atoms in total. The molecule has 1 aromatic carbocycles. The summed E-state index contributed by atoms with van der Waals surface area (Å²) >= 11 is 1.57. The van der Waals surface area contributed by atoms with Crippen LogP contribution in [0.3, 0.4) is 0 Å². The van der Waals surface area contributed by atoms with E-state index in [4.69, 9.17) is 10.5 Å². The number of esters is 1. The van der Waals surface area contributed by atoms with Gasteiger partial charge in [0.2, 0.25) is 17.7 Å². The van der Waals surface area contributed by atoms with Crippen LogP contribution in [-0.4, -0.2) is 118 Å². The van der Waals surface area contributed by atoms with Gasteiger partial charge in [0.15, 0.2) is 11.5 Å². The Hall–Kier alpha value is -4.67. The van der Waals surface area contributed by atoms with Crippen molar-refractivity contribution in [2.24, 2.45) is 5.41 Å². The number of nitrogens with one attached hydrogen (secondary N) is 2. The lowest BCUT2D eigenvalue weighted by molar-refractivity contribution is -0.144. The van der Waals surface area contributed by atoms with Crippen LogP contribution >= 0.6 is 11.3 Å². The second-order valence-electron chi connectivity index (χ2n) is 14.1. The average molecular weight is 722 g/mol. The van der Waals surface area contributed by atoms with Gasteiger partial charge in [0.25, 0.3) is 0 Å². The number of β-amino-alcohol motifs (C(OH)–C–C–N with tert-alkyl or cyclic N) is 1. The molecule has 3 aromatic rings. The molecule has 3 amide bonds. The number of hydrogen-bond acceptors (Lipinski definition) is 13. The summed E-state index contributed by atoms with van der Waals surface area (Å²) in [6, 6.07) is 7.30. The number of amides is 3. The van der Waals surface area contributed by atoms with Gasteiger partial charge < -0.3 is 36.0 Å². The third-order valence-corrected chi connectivity index (χ3v) is 10.3. The molecule has 16 heteroatoms. The number of ether oxygens (including phenoxy) is 1. The summed E-state index contributed by atoms with van der Waals surface area (Å²) in [5, 5.41) is 24.2. The largest absolute Gasteiger partial charge is 0.464 e. The lowest BCUT2D eigenvalue weighted by Gasteiger charge is -2.38. The van der Waals surface area contributed by atoms with Crippen molar-refractivity contribution in [1.82, 2.24) is 35.6 Å². The maximum absolute atomic E-state index is 14.1. The van der Waals surface area contributed by atoms with E-state index in [2.05, 4.69) is 25.8 Å². The Kier molecular flexibility index (Phi) is 11.6. The molecular weight excluding hydrogens is 675 g/mol. The molecule has 5 rings (SSSR count). The maximum Gasteiger partial charge on any atom is 0.358 e. The summed E-state index contributed by atoms with van der Waals surface area (Å²) in [5.74, 6) is -1.55. The lowest BCUT2D eigenvalue weighted by atomic mass is 9.85. The number of thiazole rings is 1. The lowest BCUT2D eigenvalue weighted by Crippen LogP contribution is -2.59. The first kappa shape index (κ1) is 37.6. The number of piperazine rings is 1. The number of likely N-dealkylation sites (tertiary alicyclic amines) is 1. The Morgan fingerprint density at radius 3 is 2.37 bits per heavy atom. The number of nitrogens with zero attached hydrogens (tertiary/aromatic N) is 6. The molecule has 2 aliphatic heterocycles.